The quantitative estimate of drug-likeness (QED) is 0.526. The summed E-state index contributed by atoms with van der Waals surface area (Å²) in [7, 11) is 0. The largest absolute Gasteiger partial charge is 0.251 e. The van der Waals surface area contributed by atoms with Crippen LogP contribution in [0.5, 0.6) is 0 Å². The molecule has 0 aliphatic carbocycles. The second-order valence-corrected chi connectivity index (χ2v) is 2.07. The van der Waals surface area contributed by atoms with E-state index in [1.54, 1.807) is 6.08 Å². The molecule has 10 heavy (non-hydrogen) atoms. The molecule has 0 bridgehead atoms. The SMILES string of the molecule is C=C/C=C\C=C(\C)CCF. The Hall–Kier alpha value is -0.850. The molecule has 0 N–H and O–H groups in total. The molecule has 0 fully saturated rings. The average molecular weight is 140 g/mol. The Morgan fingerprint density at radius 3 is 2.70 bits per heavy atom. The summed E-state index contributed by atoms with van der Waals surface area (Å²) in [5, 5.41) is 0. The minimum Gasteiger partial charge on any atom is -0.251 e. The molecule has 0 saturated heterocycles. The van der Waals surface area contributed by atoms with Gasteiger partial charge in [-0.2, -0.15) is 0 Å². The number of alkyl halides is 1. The minimum absolute atomic E-state index is 0.274. The fourth-order valence-electron chi connectivity index (χ4n) is 0.531. The highest BCUT2D eigenvalue weighted by Gasteiger charge is 1.84. The molecule has 0 nitrogen and oxygen atoms in total. The molecule has 1 heteroatoms. The van der Waals surface area contributed by atoms with E-state index in [0.717, 1.165) is 5.57 Å². The number of halogens is 1. The fourth-order valence-corrected chi connectivity index (χ4v) is 0.531. The van der Waals surface area contributed by atoms with Gasteiger partial charge < -0.3 is 0 Å². The van der Waals surface area contributed by atoms with Crippen LogP contribution in [0, 0.1) is 0 Å². The van der Waals surface area contributed by atoms with Crippen molar-refractivity contribution in [2.45, 2.75) is 13.3 Å². The lowest BCUT2D eigenvalue weighted by Crippen LogP contribution is -1.76. The van der Waals surface area contributed by atoms with Gasteiger partial charge in [-0.05, 0) is 13.3 Å². The van der Waals surface area contributed by atoms with E-state index >= 15 is 0 Å². The molecule has 0 heterocycles. The first-order valence-corrected chi connectivity index (χ1v) is 3.32. The monoisotopic (exact) mass is 140 g/mol. The predicted molar refractivity (Wildman–Crippen MR) is 43.7 cm³/mol. The summed E-state index contributed by atoms with van der Waals surface area (Å²) < 4.78 is 11.7. The third-order valence-corrected chi connectivity index (χ3v) is 1.12. The molecular formula is C9H13F. The van der Waals surface area contributed by atoms with Crippen LogP contribution in [0.15, 0.2) is 36.5 Å². The standard InChI is InChI=1S/C9H13F/c1-3-4-5-6-9(2)7-8-10/h3-6H,1,7-8H2,2H3/b5-4-,9-6-. The maximum Gasteiger partial charge on any atom is 0.0931 e. The van der Waals surface area contributed by atoms with Crippen LogP contribution in [0.4, 0.5) is 4.39 Å². The zero-order valence-electron chi connectivity index (χ0n) is 6.31. The Kier molecular flexibility index (Phi) is 5.74. The lowest BCUT2D eigenvalue weighted by molar-refractivity contribution is 0.494. The van der Waals surface area contributed by atoms with Crippen molar-refractivity contribution in [3.05, 3.63) is 36.5 Å². The van der Waals surface area contributed by atoms with Gasteiger partial charge in [-0.1, -0.05) is 36.5 Å². The third kappa shape index (κ3) is 5.29. The van der Waals surface area contributed by atoms with Gasteiger partial charge in [0.15, 0.2) is 0 Å². The number of allylic oxidation sites excluding steroid dienone is 5. The Bertz CT molecular complexity index is 143. The van der Waals surface area contributed by atoms with Crippen LogP contribution in [0.25, 0.3) is 0 Å². The van der Waals surface area contributed by atoms with E-state index in [1.165, 1.54) is 0 Å². The Balaban J connectivity index is 3.67. The lowest BCUT2D eigenvalue weighted by Gasteiger charge is -1.90. The van der Waals surface area contributed by atoms with Crippen LogP contribution in [-0.4, -0.2) is 6.67 Å². The van der Waals surface area contributed by atoms with E-state index in [9.17, 15) is 4.39 Å². The first-order valence-electron chi connectivity index (χ1n) is 3.32. The van der Waals surface area contributed by atoms with E-state index in [4.69, 9.17) is 0 Å². The summed E-state index contributed by atoms with van der Waals surface area (Å²) in [5.74, 6) is 0. The highest BCUT2D eigenvalue weighted by molar-refractivity contribution is 5.13. The van der Waals surface area contributed by atoms with Gasteiger partial charge in [0.25, 0.3) is 0 Å². The molecule has 0 aromatic heterocycles. The Labute approximate surface area is 61.8 Å². The van der Waals surface area contributed by atoms with Gasteiger partial charge in [-0.25, -0.2) is 0 Å². The van der Waals surface area contributed by atoms with Gasteiger partial charge in [-0.15, -0.1) is 0 Å². The van der Waals surface area contributed by atoms with Crippen molar-refractivity contribution in [3.8, 4) is 0 Å². The van der Waals surface area contributed by atoms with Crippen molar-refractivity contribution < 1.29 is 4.39 Å². The first-order chi connectivity index (χ1) is 4.81. The van der Waals surface area contributed by atoms with Gasteiger partial charge in [0.2, 0.25) is 0 Å². The van der Waals surface area contributed by atoms with Crippen LogP contribution < -0.4 is 0 Å². The van der Waals surface area contributed by atoms with Gasteiger partial charge >= 0.3 is 0 Å². The van der Waals surface area contributed by atoms with Crippen LogP contribution in [-0.2, 0) is 0 Å². The second-order valence-electron chi connectivity index (χ2n) is 2.07. The van der Waals surface area contributed by atoms with E-state index in [0.29, 0.717) is 6.42 Å². The molecule has 0 rings (SSSR count). The van der Waals surface area contributed by atoms with E-state index in [-0.39, 0.29) is 6.67 Å². The molecule has 0 unspecified atom stereocenters. The number of hydrogen-bond acceptors (Lipinski definition) is 0. The highest BCUT2D eigenvalue weighted by Crippen LogP contribution is 1.99. The van der Waals surface area contributed by atoms with Gasteiger partial charge in [0.1, 0.15) is 0 Å². The molecule has 0 spiro atoms. The fraction of sp³-hybridized carbons (Fsp3) is 0.333. The van der Waals surface area contributed by atoms with Crippen LogP contribution in [0.1, 0.15) is 13.3 Å². The van der Waals surface area contributed by atoms with Crippen LogP contribution >= 0.6 is 0 Å². The zero-order chi connectivity index (χ0) is 7.82. The summed E-state index contributed by atoms with van der Waals surface area (Å²) in [6.07, 6.45) is 7.79. The van der Waals surface area contributed by atoms with Gasteiger partial charge in [0, 0.05) is 0 Å². The maximum atomic E-state index is 11.7. The molecule has 0 aliphatic rings. The molecule has 0 aromatic rings. The maximum absolute atomic E-state index is 11.7. The molecular weight excluding hydrogens is 127 g/mol. The summed E-state index contributed by atoms with van der Waals surface area (Å²) >= 11 is 0. The molecule has 0 aromatic carbocycles. The van der Waals surface area contributed by atoms with Crippen LogP contribution in [0.3, 0.4) is 0 Å². The van der Waals surface area contributed by atoms with E-state index < -0.39 is 0 Å². The molecule has 0 atom stereocenters. The van der Waals surface area contributed by atoms with Gasteiger partial charge in [0.05, 0.1) is 6.67 Å². The normalized spacial score (nSPS) is 12.4. The van der Waals surface area contributed by atoms with Crippen molar-refractivity contribution in [2.75, 3.05) is 6.67 Å². The number of hydrogen-bond donors (Lipinski definition) is 0. The summed E-state index contributed by atoms with van der Waals surface area (Å²) in [6, 6.07) is 0. The smallest absolute Gasteiger partial charge is 0.0931 e. The molecule has 0 saturated carbocycles. The first kappa shape index (κ1) is 9.15. The molecule has 0 radical (unpaired) electrons. The average Bonchev–Trinajstić information content (AvgIpc) is 1.89. The molecule has 0 aliphatic heterocycles. The van der Waals surface area contributed by atoms with Crippen molar-refractivity contribution in [1.29, 1.82) is 0 Å². The zero-order valence-corrected chi connectivity index (χ0v) is 6.31. The molecule has 0 amide bonds. The molecule has 56 valence electrons. The predicted octanol–water partition coefficient (Wildman–Crippen LogP) is 3.03. The van der Waals surface area contributed by atoms with E-state index in [2.05, 4.69) is 6.58 Å². The second kappa shape index (κ2) is 6.27. The minimum atomic E-state index is -0.274. The highest BCUT2D eigenvalue weighted by atomic mass is 19.1. The third-order valence-electron chi connectivity index (χ3n) is 1.12. The van der Waals surface area contributed by atoms with Gasteiger partial charge in [-0.3, -0.25) is 4.39 Å². The number of rotatable bonds is 4. The Morgan fingerprint density at radius 2 is 2.20 bits per heavy atom. The topological polar surface area (TPSA) is 0 Å². The van der Waals surface area contributed by atoms with Crippen LogP contribution in [0.2, 0.25) is 0 Å². The lowest BCUT2D eigenvalue weighted by atomic mass is 10.2. The van der Waals surface area contributed by atoms with Crippen molar-refractivity contribution in [3.63, 3.8) is 0 Å². The van der Waals surface area contributed by atoms with Crippen molar-refractivity contribution in [2.24, 2.45) is 0 Å². The summed E-state index contributed by atoms with van der Waals surface area (Å²) in [5.41, 5.74) is 1.06. The summed E-state index contributed by atoms with van der Waals surface area (Å²) in [4.78, 5) is 0. The summed E-state index contributed by atoms with van der Waals surface area (Å²) in [6.45, 7) is 5.15. The van der Waals surface area contributed by atoms with Crippen molar-refractivity contribution >= 4 is 0 Å². The van der Waals surface area contributed by atoms with Crippen molar-refractivity contribution in [1.82, 2.24) is 0 Å². The van der Waals surface area contributed by atoms with E-state index in [1.807, 2.05) is 25.2 Å². The Morgan fingerprint density at radius 1 is 1.50 bits per heavy atom.